The van der Waals surface area contributed by atoms with E-state index in [1.807, 2.05) is 79.9 Å². The molecule has 0 saturated carbocycles. The van der Waals surface area contributed by atoms with Crippen LogP contribution in [0.15, 0.2) is 78.2 Å². The Labute approximate surface area is 214 Å². The average Bonchev–Trinajstić information content (AvgIpc) is 3.35. The monoisotopic (exact) mass is 497 g/mol. The number of carbonyl (C=O) groups is 2. The van der Waals surface area contributed by atoms with E-state index < -0.39 is 0 Å². The molecule has 36 heavy (non-hydrogen) atoms. The van der Waals surface area contributed by atoms with Gasteiger partial charge in [0.05, 0.1) is 16.4 Å². The summed E-state index contributed by atoms with van der Waals surface area (Å²) in [6, 6.07) is 23.7. The number of likely N-dealkylation sites (N-methyl/N-ethyl adjacent to an activating group) is 1. The van der Waals surface area contributed by atoms with Gasteiger partial charge in [-0.3, -0.25) is 14.5 Å². The van der Waals surface area contributed by atoms with E-state index in [1.54, 1.807) is 16.2 Å². The van der Waals surface area contributed by atoms with Gasteiger partial charge in [-0.25, -0.2) is 4.98 Å². The minimum atomic E-state index is -0.240. The fourth-order valence-electron chi connectivity index (χ4n) is 4.35. The number of benzene rings is 3. The fourth-order valence-corrected chi connectivity index (χ4v) is 5.19. The van der Waals surface area contributed by atoms with E-state index in [4.69, 9.17) is 9.72 Å². The molecule has 0 spiro atoms. The molecule has 0 fully saturated rings. The molecule has 0 unspecified atom stereocenters. The standard InChI is InChI=1S/C29H27N3O3S/c1-3-31(23-11-7-8-20(2)14-23)28(33)17-32-25-16-22(12-13-26(25)35-18-29(32)34)24-19-36-27(30-24)15-21-9-5-4-6-10-21/h4-14,16,19H,3,15,17-18H2,1-2H3. The van der Waals surface area contributed by atoms with Gasteiger partial charge in [0.15, 0.2) is 6.61 Å². The highest BCUT2D eigenvalue weighted by Crippen LogP contribution is 2.36. The van der Waals surface area contributed by atoms with Gasteiger partial charge >= 0.3 is 0 Å². The molecular weight excluding hydrogens is 470 g/mol. The molecular formula is C29H27N3O3S. The van der Waals surface area contributed by atoms with Gasteiger partial charge < -0.3 is 9.64 Å². The van der Waals surface area contributed by atoms with Crippen LogP contribution in [0.2, 0.25) is 0 Å². The highest BCUT2D eigenvalue weighted by molar-refractivity contribution is 7.10. The summed E-state index contributed by atoms with van der Waals surface area (Å²) in [6.45, 7) is 4.29. The number of nitrogens with zero attached hydrogens (tertiary/aromatic N) is 3. The Morgan fingerprint density at radius 2 is 1.92 bits per heavy atom. The second-order valence-corrected chi connectivity index (χ2v) is 9.66. The second-order valence-electron chi connectivity index (χ2n) is 8.72. The van der Waals surface area contributed by atoms with Crippen LogP contribution >= 0.6 is 11.3 Å². The van der Waals surface area contributed by atoms with Gasteiger partial charge in [0.2, 0.25) is 5.91 Å². The van der Waals surface area contributed by atoms with Crippen LogP contribution in [0, 0.1) is 6.92 Å². The van der Waals surface area contributed by atoms with Gasteiger partial charge in [-0.2, -0.15) is 0 Å². The summed E-state index contributed by atoms with van der Waals surface area (Å²) in [5.74, 6) is 0.203. The Bertz CT molecular complexity index is 1400. The zero-order chi connectivity index (χ0) is 25.1. The van der Waals surface area contributed by atoms with Crippen LogP contribution in [-0.4, -0.2) is 36.5 Å². The van der Waals surface area contributed by atoms with Gasteiger partial charge in [0.25, 0.3) is 5.91 Å². The summed E-state index contributed by atoms with van der Waals surface area (Å²) in [7, 11) is 0. The molecule has 1 aliphatic rings. The number of amides is 2. The number of aromatic nitrogens is 1. The van der Waals surface area contributed by atoms with E-state index in [2.05, 4.69) is 12.1 Å². The smallest absolute Gasteiger partial charge is 0.265 e. The van der Waals surface area contributed by atoms with E-state index in [9.17, 15) is 9.59 Å². The summed E-state index contributed by atoms with van der Waals surface area (Å²) in [4.78, 5) is 34.2. The number of ether oxygens (including phenoxy) is 1. The van der Waals surface area contributed by atoms with Crippen LogP contribution in [0.1, 0.15) is 23.1 Å². The molecule has 0 radical (unpaired) electrons. The third-order valence-electron chi connectivity index (χ3n) is 6.17. The number of carbonyl (C=O) groups excluding carboxylic acids is 2. The van der Waals surface area contributed by atoms with E-state index in [0.717, 1.165) is 33.9 Å². The second kappa shape index (κ2) is 10.3. The van der Waals surface area contributed by atoms with E-state index in [-0.39, 0.29) is 25.0 Å². The molecule has 182 valence electrons. The average molecular weight is 498 g/mol. The topological polar surface area (TPSA) is 62.7 Å². The molecule has 6 nitrogen and oxygen atoms in total. The fraction of sp³-hybridized carbons (Fsp3) is 0.207. The molecule has 1 aliphatic heterocycles. The van der Waals surface area contributed by atoms with Crippen molar-refractivity contribution >= 4 is 34.5 Å². The third kappa shape index (κ3) is 5.02. The lowest BCUT2D eigenvalue weighted by molar-refractivity contribution is -0.124. The normalized spacial score (nSPS) is 12.7. The number of hydrogen-bond donors (Lipinski definition) is 0. The molecule has 2 amide bonds. The quantitative estimate of drug-likeness (QED) is 0.339. The molecule has 1 aromatic heterocycles. The van der Waals surface area contributed by atoms with Crippen molar-refractivity contribution in [2.75, 3.05) is 29.5 Å². The summed E-state index contributed by atoms with van der Waals surface area (Å²) in [6.07, 6.45) is 0.768. The summed E-state index contributed by atoms with van der Waals surface area (Å²) in [5, 5.41) is 3.04. The van der Waals surface area contributed by atoms with Crippen molar-refractivity contribution in [2.45, 2.75) is 20.3 Å². The van der Waals surface area contributed by atoms with Gasteiger partial charge in [0, 0.05) is 29.6 Å². The first-order valence-electron chi connectivity index (χ1n) is 11.9. The van der Waals surface area contributed by atoms with Gasteiger partial charge in [0.1, 0.15) is 12.3 Å². The highest BCUT2D eigenvalue weighted by atomic mass is 32.1. The third-order valence-corrected chi connectivity index (χ3v) is 7.02. The first kappa shape index (κ1) is 23.8. The van der Waals surface area contributed by atoms with Gasteiger partial charge in [-0.1, -0.05) is 42.5 Å². The first-order chi connectivity index (χ1) is 17.5. The zero-order valence-electron chi connectivity index (χ0n) is 20.3. The van der Waals surface area contributed by atoms with Crippen molar-refractivity contribution < 1.29 is 14.3 Å². The number of aryl methyl sites for hydroxylation is 1. The maximum absolute atomic E-state index is 13.3. The number of anilines is 2. The molecule has 0 atom stereocenters. The lowest BCUT2D eigenvalue weighted by Crippen LogP contribution is -2.46. The number of fused-ring (bicyclic) bond motifs is 1. The molecule has 4 aromatic rings. The Morgan fingerprint density at radius 1 is 1.08 bits per heavy atom. The number of rotatable bonds is 7. The lowest BCUT2D eigenvalue weighted by atomic mass is 10.1. The van der Waals surface area contributed by atoms with E-state index in [0.29, 0.717) is 18.0 Å². The van der Waals surface area contributed by atoms with Crippen LogP contribution in [0.5, 0.6) is 5.75 Å². The first-order valence-corrected chi connectivity index (χ1v) is 12.8. The Hall–Kier alpha value is -3.97. The zero-order valence-corrected chi connectivity index (χ0v) is 21.1. The van der Waals surface area contributed by atoms with Crippen molar-refractivity contribution in [3.05, 3.63) is 94.3 Å². The Morgan fingerprint density at radius 3 is 2.69 bits per heavy atom. The molecule has 0 aliphatic carbocycles. The van der Waals surface area contributed by atoms with Crippen LogP contribution in [0.4, 0.5) is 11.4 Å². The summed E-state index contributed by atoms with van der Waals surface area (Å²) >= 11 is 1.61. The Balaban J connectivity index is 1.40. The van der Waals surface area contributed by atoms with Crippen LogP contribution < -0.4 is 14.5 Å². The summed E-state index contributed by atoms with van der Waals surface area (Å²) < 4.78 is 5.68. The lowest BCUT2D eigenvalue weighted by Gasteiger charge is -2.31. The maximum Gasteiger partial charge on any atom is 0.265 e. The minimum Gasteiger partial charge on any atom is -0.482 e. The molecule has 2 heterocycles. The SMILES string of the molecule is CCN(C(=O)CN1C(=O)COc2ccc(-c3csc(Cc4ccccc4)n3)cc21)c1cccc(C)c1. The number of hydrogen-bond acceptors (Lipinski definition) is 5. The Kier molecular flexibility index (Phi) is 6.82. The van der Waals surface area contributed by atoms with Crippen molar-refractivity contribution in [1.82, 2.24) is 4.98 Å². The van der Waals surface area contributed by atoms with Crippen LogP contribution in [-0.2, 0) is 16.0 Å². The molecule has 3 aromatic carbocycles. The molecule has 0 saturated heterocycles. The van der Waals surface area contributed by atoms with Gasteiger partial charge in [-0.15, -0.1) is 11.3 Å². The predicted molar refractivity (Wildman–Crippen MR) is 144 cm³/mol. The van der Waals surface area contributed by atoms with Crippen molar-refractivity contribution in [2.24, 2.45) is 0 Å². The number of thiazole rings is 1. The molecule has 0 N–H and O–H groups in total. The summed E-state index contributed by atoms with van der Waals surface area (Å²) in [5.41, 5.74) is 5.42. The van der Waals surface area contributed by atoms with E-state index in [1.165, 1.54) is 10.5 Å². The van der Waals surface area contributed by atoms with Crippen molar-refractivity contribution in [3.8, 4) is 17.0 Å². The van der Waals surface area contributed by atoms with E-state index >= 15 is 0 Å². The van der Waals surface area contributed by atoms with Crippen LogP contribution in [0.25, 0.3) is 11.3 Å². The molecule has 0 bridgehead atoms. The maximum atomic E-state index is 13.3. The molecule has 7 heteroatoms. The highest BCUT2D eigenvalue weighted by Gasteiger charge is 2.29. The van der Waals surface area contributed by atoms with Crippen molar-refractivity contribution in [1.29, 1.82) is 0 Å². The molecule has 5 rings (SSSR count). The predicted octanol–water partition coefficient (Wildman–Crippen LogP) is 5.49. The van der Waals surface area contributed by atoms with Crippen molar-refractivity contribution in [3.63, 3.8) is 0 Å². The van der Waals surface area contributed by atoms with Crippen LogP contribution in [0.3, 0.4) is 0 Å². The largest absolute Gasteiger partial charge is 0.482 e. The van der Waals surface area contributed by atoms with Gasteiger partial charge in [-0.05, 0) is 55.3 Å². The minimum absolute atomic E-state index is 0.0588.